The minimum absolute atomic E-state index is 0.0992. The molecule has 1 saturated heterocycles. The first kappa shape index (κ1) is 22.6. The number of benzene rings is 2. The molecule has 2 atom stereocenters. The van der Waals surface area contributed by atoms with E-state index in [2.05, 4.69) is 72.8 Å². The Labute approximate surface area is 216 Å². The molecule has 36 heavy (non-hydrogen) atoms. The molecule has 4 aromatic rings. The van der Waals surface area contributed by atoms with Crippen molar-refractivity contribution in [2.45, 2.75) is 39.8 Å². The maximum Gasteiger partial charge on any atom is 0.231 e. The number of fused-ring (bicyclic) bond motifs is 1. The van der Waals surface area contributed by atoms with Crippen molar-refractivity contribution in [2.24, 2.45) is 0 Å². The average Bonchev–Trinajstić information content (AvgIpc) is 3.56. The summed E-state index contributed by atoms with van der Waals surface area (Å²) in [5.41, 5.74) is 9.15. The van der Waals surface area contributed by atoms with Crippen LogP contribution < -0.4 is 19.7 Å². The number of nitrogens with one attached hydrogen (secondary N) is 1. The standard InChI is InChI=1S/C29H28N4O2S/c1-17-8-9-18(2)24(13-17)32-19(3)14-22(20(32)4)28-27(23-7-5-6-12-30-23)31-29(36)33(28)21-10-11-25-26(15-21)35-16-34-25/h5-15,27-28H,16H2,1-4H3,(H,31,36)/t27-,28-/m1/s1. The van der Waals surface area contributed by atoms with Gasteiger partial charge >= 0.3 is 0 Å². The van der Waals surface area contributed by atoms with E-state index in [1.165, 1.54) is 33.8 Å². The molecular formula is C29H28N4O2S. The molecule has 0 aliphatic carbocycles. The molecule has 0 radical (unpaired) electrons. The molecule has 0 spiro atoms. The van der Waals surface area contributed by atoms with Crippen molar-refractivity contribution in [1.29, 1.82) is 0 Å². The van der Waals surface area contributed by atoms with Gasteiger partial charge in [-0.25, -0.2) is 0 Å². The largest absolute Gasteiger partial charge is 0.454 e. The number of thiocarbonyl (C=S) groups is 1. The zero-order valence-corrected chi connectivity index (χ0v) is 21.6. The summed E-state index contributed by atoms with van der Waals surface area (Å²) in [7, 11) is 0. The molecule has 0 unspecified atom stereocenters. The molecule has 6 rings (SSSR count). The molecule has 2 aliphatic rings. The van der Waals surface area contributed by atoms with Crippen molar-refractivity contribution in [3.63, 3.8) is 0 Å². The van der Waals surface area contributed by atoms with Crippen LogP contribution in [-0.2, 0) is 0 Å². The molecule has 0 amide bonds. The van der Waals surface area contributed by atoms with Crippen molar-refractivity contribution in [3.8, 4) is 17.2 Å². The van der Waals surface area contributed by atoms with E-state index in [-0.39, 0.29) is 18.9 Å². The van der Waals surface area contributed by atoms with Crippen molar-refractivity contribution >= 4 is 23.0 Å². The van der Waals surface area contributed by atoms with E-state index in [0.717, 1.165) is 22.9 Å². The Balaban J connectivity index is 1.53. The Morgan fingerprint density at radius 3 is 2.58 bits per heavy atom. The Kier molecular flexibility index (Phi) is 5.45. The van der Waals surface area contributed by atoms with E-state index in [4.69, 9.17) is 26.7 Å². The molecule has 1 N–H and O–H groups in total. The normalized spacial score (nSPS) is 18.6. The van der Waals surface area contributed by atoms with E-state index in [1.54, 1.807) is 0 Å². The van der Waals surface area contributed by atoms with Gasteiger partial charge in [-0.1, -0.05) is 18.2 Å². The summed E-state index contributed by atoms with van der Waals surface area (Å²) in [4.78, 5) is 6.89. The van der Waals surface area contributed by atoms with Crippen molar-refractivity contribution in [3.05, 3.63) is 101 Å². The monoisotopic (exact) mass is 496 g/mol. The summed E-state index contributed by atoms with van der Waals surface area (Å²) in [5, 5.41) is 4.22. The van der Waals surface area contributed by atoms with Crippen LogP contribution in [0.2, 0.25) is 0 Å². The van der Waals surface area contributed by atoms with Crippen LogP contribution in [-0.4, -0.2) is 21.5 Å². The predicted molar refractivity (Wildman–Crippen MR) is 145 cm³/mol. The number of aryl methyl sites for hydroxylation is 3. The topological polar surface area (TPSA) is 51.6 Å². The number of ether oxygens (including phenoxy) is 2. The van der Waals surface area contributed by atoms with Gasteiger partial charge in [0.15, 0.2) is 16.6 Å². The second kappa shape index (κ2) is 8.68. The third-order valence-electron chi connectivity index (χ3n) is 7.13. The van der Waals surface area contributed by atoms with Crippen molar-refractivity contribution < 1.29 is 9.47 Å². The van der Waals surface area contributed by atoms with Gasteiger partial charge in [-0.3, -0.25) is 4.98 Å². The molecule has 0 saturated carbocycles. The van der Waals surface area contributed by atoms with Gasteiger partial charge < -0.3 is 24.3 Å². The molecule has 2 aromatic heterocycles. The second-order valence-corrected chi connectivity index (χ2v) is 9.87. The van der Waals surface area contributed by atoms with Crippen LogP contribution in [0.15, 0.2) is 66.9 Å². The lowest BCUT2D eigenvalue weighted by Gasteiger charge is -2.28. The molecule has 4 heterocycles. The van der Waals surface area contributed by atoms with Crippen LogP contribution in [0.3, 0.4) is 0 Å². The lowest BCUT2D eigenvalue weighted by molar-refractivity contribution is 0.174. The summed E-state index contributed by atoms with van der Waals surface area (Å²) >= 11 is 5.93. The number of hydrogen-bond acceptors (Lipinski definition) is 4. The number of pyridine rings is 1. The summed E-state index contributed by atoms with van der Waals surface area (Å²) in [6.07, 6.45) is 1.83. The minimum Gasteiger partial charge on any atom is -0.454 e. The highest BCUT2D eigenvalue weighted by molar-refractivity contribution is 7.80. The van der Waals surface area contributed by atoms with Crippen LogP contribution in [0.1, 0.15) is 45.9 Å². The van der Waals surface area contributed by atoms with E-state index in [1.807, 2.05) is 36.5 Å². The zero-order valence-electron chi connectivity index (χ0n) is 20.8. The molecule has 6 nitrogen and oxygen atoms in total. The number of hydrogen-bond donors (Lipinski definition) is 1. The third kappa shape index (κ3) is 3.62. The summed E-state index contributed by atoms with van der Waals surface area (Å²) in [6.45, 7) is 8.89. The minimum atomic E-state index is -0.114. The van der Waals surface area contributed by atoms with Gasteiger partial charge in [-0.05, 0) is 93.0 Å². The predicted octanol–water partition coefficient (Wildman–Crippen LogP) is 6.01. The maximum absolute atomic E-state index is 5.93. The SMILES string of the molecule is Cc1ccc(C)c(-n2c(C)cc([C@@H]3[C@@H](c4ccccn4)NC(=S)N3c3ccc4c(c3)OCO4)c2C)c1. The van der Waals surface area contributed by atoms with Gasteiger partial charge in [-0.2, -0.15) is 0 Å². The van der Waals surface area contributed by atoms with Crippen LogP contribution >= 0.6 is 12.2 Å². The Hall–Kier alpha value is -3.84. The van der Waals surface area contributed by atoms with Gasteiger partial charge in [0, 0.05) is 35.0 Å². The van der Waals surface area contributed by atoms with Crippen LogP contribution in [0.5, 0.6) is 11.5 Å². The van der Waals surface area contributed by atoms with E-state index >= 15 is 0 Å². The third-order valence-corrected chi connectivity index (χ3v) is 7.44. The molecule has 7 heteroatoms. The fourth-order valence-corrected chi connectivity index (χ4v) is 5.75. The number of nitrogens with zero attached hydrogens (tertiary/aromatic N) is 3. The fourth-order valence-electron chi connectivity index (χ4n) is 5.40. The maximum atomic E-state index is 5.93. The lowest BCUT2D eigenvalue weighted by atomic mass is 9.96. The van der Waals surface area contributed by atoms with Crippen LogP contribution in [0.25, 0.3) is 5.69 Å². The highest BCUT2D eigenvalue weighted by Gasteiger charge is 2.42. The van der Waals surface area contributed by atoms with Gasteiger partial charge in [0.05, 0.1) is 17.8 Å². The van der Waals surface area contributed by atoms with E-state index in [0.29, 0.717) is 5.11 Å². The van der Waals surface area contributed by atoms with Gasteiger partial charge in [-0.15, -0.1) is 0 Å². The first-order valence-electron chi connectivity index (χ1n) is 12.1. The van der Waals surface area contributed by atoms with Crippen LogP contribution in [0.4, 0.5) is 5.69 Å². The first-order chi connectivity index (χ1) is 17.4. The Morgan fingerprint density at radius 1 is 0.944 bits per heavy atom. The molecule has 182 valence electrons. The molecule has 1 fully saturated rings. The summed E-state index contributed by atoms with van der Waals surface area (Å²) in [5.74, 6) is 1.49. The molecular weight excluding hydrogens is 468 g/mol. The molecule has 2 aliphatic heterocycles. The van der Waals surface area contributed by atoms with Crippen molar-refractivity contribution in [1.82, 2.24) is 14.9 Å². The van der Waals surface area contributed by atoms with E-state index in [9.17, 15) is 0 Å². The van der Waals surface area contributed by atoms with Crippen molar-refractivity contribution in [2.75, 3.05) is 11.7 Å². The van der Waals surface area contributed by atoms with E-state index < -0.39 is 0 Å². The highest BCUT2D eigenvalue weighted by atomic mass is 32.1. The summed E-state index contributed by atoms with van der Waals surface area (Å²) in [6, 6.07) is 20.7. The molecule has 0 bridgehead atoms. The zero-order chi connectivity index (χ0) is 25.0. The highest BCUT2D eigenvalue weighted by Crippen LogP contribution is 2.46. The number of aromatic nitrogens is 2. The molecule has 2 aromatic carbocycles. The lowest BCUT2D eigenvalue weighted by Crippen LogP contribution is -2.29. The first-order valence-corrected chi connectivity index (χ1v) is 12.5. The number of anilines is 1. The second-order valence-electron chi connectivity index (χ2n) is 9.49. The van der Waals surface area contributed by atoms with Gasteiger partial charge in [0.1, 0.15) is 0 Å². The van der Waals surface area contributed by atoms with Crippen LogP contribution in [0, 0.1) is 27.7 Å². The average molecular weight is 497 g/mol. The number of rotatable bonds is 4. The quantitative estimate of drug-likeness (QED) is 0.349. The Bertz CT molecular complexity index is 1480. The Morgan fingerprint density at radius 2 is 1.78 bits per heavy atom. The smallest absolute Gasteiger partial charge is 0.231 e. The van der Waals surface area contributed by atoms with Gasteiger partial charge in [0.2, 0.25) is 6.79 Å². The summed E-state index contributed by atoms with van der Waals surface area (Å²) < 4.78 is 13.6. The van der Waals surface area contributed by atoms with Gasteiger partial charge in [0.25, 0.3) is 0 Å². The fraction of sp³-hybridized carbons (Fsp3) is 0.241.